The largest absolute Gasteiger partial charge is 0.448 e. The highest BCUT2D eigenvalue weighted by Gasteiger charge is 2.41. The molecule has 1 heterocycles. The molecule has 0 radical (unpaired) electrons. The van der Waals surface area contributed by atoms with Gasteiger partial charge in [-0.3, -0.25) is 0 Å². The lowest BCUT2D eigenvalue weighted by molar-refractivity contribution is 0.463. The van der Waals surface area contributed by atoms with Crippen LogP contribution in [0.1, 0.15) is 39.4 Å². The second kappa shape index (κ2) is 3.07. The zero-order valence-corrected chi connectivity index (χ0v) is 7.42. The maximum atomic E-state index is 5.15. The van der Waals surface area contributed by atoms with Gasteiger partial charge in [0.2, 0.25) is 0 Å². The Morgan fingerprint density at radius 3 is 2.45 bits per heavy atom. The van der Waals surface area contributed by atoms with E-state index in [1.807, 2.05) is 20.0 Å². The van der Waals surface area contributed by atoms with Crippen molar-refractivity contribution in [2.75, 3.05) is 0 Å². The quantitative estimate of drug-likeness (QED) is 0.620. The summed E-state index contributed by atoms with van der Waals surface area (Å²) in [5.74, 6) is 1.04. The molecular formula is C9H15NO. The first-order valence-electron chi connectivity index (χ1n) is 4.20. The third-order valence-corrected chi connectivity index (χ3v) is 2.03. The molecule has 0 spiro atoms. The van der Waals surface area contributed by atoms with E-state index in [0.29, 0.717) is 5.41 Å². The van der Waals surface area contributed by atoms with E-state index in [0.717, 1.165) is 5.76 Å². The number of rotatable bonds is 1. The van der Waals surface area contributed by atoms with Crippen LogP contribution in [0.2, 0.25) is 0 Å². The summed E-state index contributed by atoms with van der Waals surface area (Å²) < 4.78 is 5.15. The molecule has 0 N–H and O–H groups in total. The maximum absolute atomic E-state index is 5.15. The summed E-state index contributed by atoms with van der Waals surface area (Å²) in [5.41, 5.74) is 0.344. The third kappa shape index (κ3) is 1.62. The molecule has 0 aromatic carbocycles. The average Bonchev–Trinajstić information content (AvgIpc) is 2.59. The summed E-state index contributed by atoms with van der Waals surface area (Å²) in [5, 5.41) is 0. The van der Waals surface area contributed by atoms with Gasteiger partial charge in [0.1, 0.15) is 5.76 Å². The van der Waals surface area contributed by atoms with Crippen LogP contribution in [0.5, 0.6) is 0 Å². The van der Waals surface area contributed by atoms with Crippen LogP contribution in [0.4, 0.5) is 0 Å². The topological polar surface area (TPSA) is 26.0 Å². The Kier molecular flexibility index (Phi) is 2.32. The highest BCUT2D eigenvalue weighted by Crippen LogP contribution is 2.47. The number of aromatic nitrogens is 1. The number of hydrogen-bond donors (Lipinski definition) is 0. The molecule has 62 valence electrons. The minimum Gasteiger partial charge on any atom is -0.448 e. The minimum absolute atomic E-state index is 0.344. The maximum Gasteiger partial charge on any atom is 0.180 e. The van der Waals surface area contributed by atoms with Crippen LogP contribution in [0.15, 0.2) is 17.0 Å². The number of hydrogen-bond acceptors (Lipinski definition) is 2. The standard InChI is InChI=1S/C7H9NO.C2H6/c1-7(2-3-7)6-4-8-5-9-6;1-2/h4-5H,2-3H2,1H3;1-2H3. The summed E-state index contributed by atoms with van der Waals surface area (Å²) >= 11 is 0. The van der Waals surface area contributed by atoms with Gasteiger partial charge in [0.25, 0.3) is 0 Å². The van der Waals surface area contributed by atoms with E-state index in [4.69, 9.17) is 4.42 Å². The van der Waals surface area contributed by atoms with Gasteiger partial charge in [-0.1, -0.05) is 20.8 Å². The Morgan fingerprint density at radius 2 is 2.09 bits per heavy atom. The highest BCUT2D eigenvalue weighted by molar-refractivity contribution is 5.16. The van der Waals surface area contributed by atoms with Gasteiger partial charge in [0.15, 0.2) is 6.39 Å². The molecule has 0 bridgehead atoms. The van der Waals surface area contributed by atoms with Gasteiger partial charge in [-0.25, -0.2) is 4.98 Å². The zero-order valence-electron chi connectivity index (χ0n) is 7.42. The van der Waals surface area contributed by atoms with Gasteiger partial charge in [-0.15, -0.1) is 0 Å². The lowest BCUT2D eigenvalue weighted by atomic mass is 10.1. The SMILES string of the molecule is CC.CC1(c2cnco2)CC1. The van der Waals surface area contributed by atoms with Gasteiger partial charge in [-0.2, -0.15) is 0 Å². The molecule has 11 heavy (non-hydrogen) atoms. The summed E-state index contributed by atoms with van der Waals surface area (Å²) in [7, 11) is 0. The van der Waals surface area contributed by atoms with E-state index in [2.05, 4.69) is 11.9 Å². The Morgan fingerprint density at radius 1 is 1.45 bits per heavy atom. The van der Waals surface area contributed by atoms with Crippen LogP contribution in [0.25, 0.3) is 0 Å². The van der Waals surface area contributed by atoms with Gasteiger partial charge in [0, 0.05) is 5.41 Å². The molecule has 1 aliphatic carbocycles. The van der Waals surface area contributed by atoms with Gasteiger partial charge in [-0.05, 0) is 12.8 Å². The summed E-state index contributed by atoms with van der Waals surface area (Å²) in [6.45, 7) is 6.20. The Balaban J connectivity index is 0.000000281. The van der Waals surface area contributed by atoms with Gasteiger partial charge < -0.3 is 4.42 Å². The van der Waals surface area contributed by atoms with Crippen LogP contribution in [0, 0.1) is 0 Å². The van der Waals surface area contributed by atoms with E-state index in [-0.39, 0.29) is 0 Å². The minimum atomic E-state index is 0.344. The van der Waals surface area contributed by atoms with E-state index in [1.54, 1.807) is 0 Å². The fraction of sp³-hybridized carbons (Fsp3) is 0.667. The fourth-order valence-corrected chi connectivity index (χ4v) is 0.948. The zero-order chi connectivity index (χ0) is 8.32. The third-order valence-electron chi connectivity index (χ3n) is 2.03. The molecule has 1 saturated carbocycles. The van der Waals surface area contributed by atoms with Crippen molar-refractivity contribution in [2.24, 2.45) is 0 Å². The van der Waals surface area contributed by atoms with E-state index < -0.39 is 0 Å². The predicted molar refractivity (Wildman–Crippen MR) is 44.4 cm³/mol. The molecular weight excluding hydrogens is 138 g/mol. The number of oxazole rings is 1. The summed E-state index contributed by atoms with van der Waals surface area (Å²) in [6, 6.07) is 0. The lowest BCUT2D eigenvalue weighted by Gasteiger charge is -1.98. The second-order valence-electron chi connectivity index (χ2n) is 2.93. The Labute approximate surface area is 67.6 Å². The number of nitrogens with zero attached hydrogens (tertiary/aromatic N) is 1. The van der Waals surface area contributed by atoms with Crippen molar-refractivity contribution in [2.45, 2.75) is 39.0 Å². The van der Waals surface area contributed by atoms with E-state index >= 15 is 0 Å². The van der Waals surface area contributed by atoms with Gasteiger partial charge in [0.05, 0.1) is 6.20 Å². The molecule has 2 rings (SSSR count). The molecule has 1 aromatic heterocycles. The first kappa shape index (κ1) is 8.31. The molecule has 0 atom stereocenters. The molecule has 0 unspecified atom stereocenters. The van der Waals surface area contributed by atoms with Crippen molar-refractivity contribution in [3.05, 3.63) is 18.4 Å². The second-order valence-corrected chi connectivity index (χ2v) is 2.93. The van der Waals surface area contributed by atoms with Crippen molar-refractivity contribution >= 4 is 0 Å². The van der Waals surface area contributed by atoms with Crippen molar-refractivity contribution in [1.29, 1.82) is 0 Å². The van der Waals surface area contributed by atoms with Crippen LogP contribution in [0.3, 0.4) is 0 Å². The molecule has 1 fully saturated rings. The average molecular weight is 153 g/mol. The predicted octanol–water partition coefficient (Wildman–Crippen LogP) is 2.75. The van der Waals surface area contributed by atoms with Crippen molar-refractivity contribution in [1.82, 2.24) is 4.98 Å². The van der Waals surface area contributed by atoms with E-state index in [9.17, 15) is 0 Å². The molecule has 1 aliphatic rings. The first-order chi connectivity index (χ1) is 5.31. The molecule has 1 aromatic rings. The van der Waals surface area contributed by atoms with Crippen molar-refractivity contribution in [3.63, 3.8) is 0 Å². The first-order valence-corrected chi connectivity index (χ1v) is 4.20. The lowest BCUT2D eigenvalue weighted by Crippen LogP contribution is -1.95. The molecule has 0 amide bonds. The molecule has 0 saturated heterocycles. The smallest absolute Gasteiger partial charge is 0.180 e. The van der Waals surface area contributed by atoms with Gasteiger partial charge >= 0.3 is 0 Å². The van der Waals surface area contributed by atoms with Crippen LogP contribution in [-0.4, -0.2) is 4.98 Å². The monoisotopic (exact) mass is 153 g/mol. The van der Waals surface area contributed by atoms with Crippen molar-refractivity contribution in [3.8, 4) is 0 Å². The summed E-state index contributed by atoms with van der Waals surface area (Å²) in [6.07, 6.45) is 5.82. The van der Waals surface area contributed by atoms with Crippen LogP contribution < -0.4 is 0 Å². The Bertz CT molecular complexity index is 199. The van der Waals surface area contributed by atoms with Crippen LogP contribution in [-0.2, 0) is 5.41 Å². The van der Waals surface area contributed by atoms with E-state index in [1.165, 1.54) is 19.2 Å². The molecule has 2 heteroatoms. The summed E-state index contributed by atoms with van der Waals surface area (Å²) in [4.78, 5) is 3.86. The fourth-order valence-electron chi connectivity index (χ4n) is 0.948. The molecule has 0 aliphatic heterocycles. The van der Waals surface area contributed by atoms with Crippen molar-refractivity contribution < 1.29 is 4.42 Å². The van der Waals surface area contributed by atoms with Crippen LogP contribution >= 0.6 is 0 Å². The highest BCUT2D eigenvalue weighted by atomic mass is 16.3. The molecule has 2 nitrogen and oxygen atoms in total. The Hall–Kier alpha value is -0.790. The normalized spacial score (nSPS) is 18.5.